The summed E-state index contributed by atoms with van der Waals surface area (Å²) in [6.07, 6.45) is -0.372. The number of hydrogen-bond donors (Lipinski definition) is 1. The van der Waals surface area contributed by atoms with Crippen LogP contribution in [0.4, 0.5) is 5.69 Å². The fraction of sp³-hybridized carbons (Fsp3) is 0.240. The highest BCUT2D eigenvalue weighted by molar-refractivity contribution is 7.92. The summed E-state index contributed by atoms with van der Waals surface area (Å²) in [5.74, 6) is 0.847. The van der Waals surface area contributed by atoms with Gasteiger partial charge in [0, 0.05) is 0 Å². The maximum Gasteiger partial charge on any atom is 0.264 e. The number of fused-ring (bicyclic) bond motifs is 1. The van der Waals surface area contributed by atoms with E-state index in [1.807, 2.05) is 44.2 Å². The molecule has 7 nitrogen and oxygen atoms in total. The zero-order chi connectivity index (χ0) is 23.4. The molecule has 1 aliphatic heterocycles. The van der Waals surface area contributed by atoms with Crippen LogP contribution in [-0.2, 0) is 14.8 Å². The molecule has 0 bridgehead atoms. The van der Waals surface area contributed by atoms with E-state index in [4.69, 9.17) is 9.47 Å². The van der Waals surface area contributed by atoms with E-state index in [1.165, 1.54) is 12.1 Å². The summed E-state index contributed by atoms with van der Waals surface area (Å²) in [6, 6.07) is 21.0. The minimum absolute atomic E-state index is 0.124. The van der Waals surface area contributed by atoms with Crippen molar-refractivity contribution in [2.24, 2.45) is 0 Å². The van der Waals surface area contributed by atoms with Gasteiger partial charge in [0.25, 0.3) is 10.0 Å². The van der Waals surface area contributed by atoms with Crippen molar-refractivity contribution in [1.29, 1.82) is 0 Å². The van der Waals surface area contributed by atoms with Gasteiger partial charge in [0.05, 0.1) is 17.1 Å². The van der Waals surface area contributed by atoms with E-state index < -0.39 is 15.9 Å². The van der Waals surface area contributed by atoms with Crippen molar-refractivity contribution in [2.45, 2.75) is 24.8 Å². The number of para-hydroxylation sites is 2. The first kappa shape index (κ1) is 22.7. The summed E-state index contributed by atoms with van der Waals surface area (Å²) in [7, 11) is -3.96. The van der Waals surface area contributed by atoms with Gasteiger partial charge in [-0.25, -0.2) is 8.42 Å². The van der Waals surface area contributed by atoms with Crippen LogP contribution in [0, 0.1) is 13.8 Å². The average molecular weight is 467 g/mol. The molecule has 0 radical (unpaired) electrons. The molecule has 3 aromatic carbocycles. The zero-order valence-corrected chi connectivity index (χ0v) is 19.3. The number of amides is 1. The molecule has 0 fully saturated rings. The lowest BCUT2D eigenvalue weighted by Gasteiger charge is -2.28. The van der Waals surface area contributed by atoms with Gasteiger partial charge in [-0.3, -0.25) is 9.10 Å². The Morgan fingerprint density at radius 2 is 1.70 bits per heavy atom. The first-order chi connectivity index (χ1) is 15.8. The van der Waals surface area contributed by atoms with Crippen molar-refractivity contribution in [1.82, 2.24) is 5.32 Å². The molecule has 33 heavy (non-hydrogen) atoms. The van der Waals surface area contributed by atoms with Gasteiger partial charge in [-0.05, 0) is 55.3 Å². The summed E-state index contributed by atoms with van der Waals surface area (Å²) >= 11 is 0. The van der Waals surface area contributed by atoms with E-state index in [9.17, 15) is 13.2 Å². The van der Waals surface area contributed by atoms with Crippen molar-refractivity contribution < 1.29 is 22.7 Å². The summed E-state index contributed by atoms with van der Waals surface area (Å²) in [6.45, 7) is 3.84. The third-order valence-corrected chi connectivity index (χ3v) is 7.12. The Balaban J connectivity index is 1.52. The van der Waals surface area contributed by atoms with Crippen molar-refractivity contribution in [3.63, 3.8) is 0 Å². The summed E-state index contributed by atoms with van der Waals surface area (Å²) < 4.78 is 39.7. The molecule has 0 aliphatic carbocycles. The van der Waals surface area contributed by atoms with Crippen LogP contribution in [-0.4, -0.2) is 40.1 Å². The lowest BCUT2D eigenvalue weighted by Crippen LogP contribution is -2.45. The van der Waals surface area contributed by atoms with E-state index in [2.05, 4.69) is 5.32 Å². The molecule has 1 aliphatic rings. The number of hydrogen-bond acceptors (Lipinski definition) is 5. The molecule has 1 atom stereocenters. The molecular formula is C25H26N2O5S. The molecule has 1 unspecified atom stereocenters. The second-order valence-corrected chi connectivity index (χ2v) is 9.78. The third-order valence-electron chi connectivity index (χ3n) is 5.35. The smallest absolute Gasteiger partial charge is 0.264 e. The second kappa shape index (κ2) is 9.54. The average Bonchev–Trinajstić information content (AvgIpc) is 2.83. The minimum atomic E-state index is -3.96. The van der Waals surface area contributed by atoms with Gasteiger partial charge in [-0.15, -0.1) is 0 Å². The molecule has 0 saturated carbocycles. The van der Waals surface area contributed by atoms with Crippen molar-refractivity contribution in [3.05, 3.63) is 83.9 Å². The minimum Gasteiger partial charge on any atom is -0.486 e. The van der Waals surface area contributed by atoms with E-state index in [0.717, 1.165) is 15.4 Å². The van der Waals surface area contributed by atoms with Gasteiger partial charge in [-0.2, -0.15) is 0 Å². The number of aryl methyl sites for hydroxylation is 2. The molecule has 0 aromatic heterocycles. The SMILES string of the molecule is Cc1ccc(C)c(N(CC(=O)NCC2COc3ccccc3O2)S(=O)(=O)c2ccccc2)c1. The van der Waals surface area contributed by atoms with Gasteiger partial charge in [0.1, 0.15) is 19.3 Å². The van der Waals surface area contributed by atoms with Crippen molar-refractivity contribution >= 4 is 21.6 Å². The van der Waals surface area contributed by atoms with Gasteiger partial charge < -0.3 is 14.8 Å². The topological polar surface area (TPSA) is 84.9 Å². The van der Waals surface area contributed by atoms with Crippen LogP contribution in [0.1, 0.15) is 11.1 Å². The molecule has 3 aromatic rings. The summed E-state index contributed by atoms with van der Waals surface area (Å²) in [5.41, 5.74) is 2.13. The number of nitrogens with zero attached hydrogens (tertiary/aromatic N) is 1. The maximum atomic E-state index is 13.5. The molecule has 172 valence electrons. The van der Waals surface area contributed by atoms with Crippen molar-refractivity contribution in [2.75, 3.05) is 24.0 Å². The Kier molecular flexibility index (Phi) is 6.55. The predicted octanol–water partition coefficient (Wildman–Crippen LogP) is 3.45. The van der Waals surface area contributed by atoms with Gasteiger partial charge in [0.15, 0.2) is 11.5 Å². The lowest BCUT2D eigenvalue weighted by atomic mass is 10.1. The lowest BCUT2D eigenvalue weighted by molar-refractivity contribution is -0.120. The molecule has 1 amide bonds. The Bertz CT molecular complexity index is 1240. The fourth-order valence-electron chi connectivity index (χ4n) is 3.59. The molecule has 8 heteroatoms. The maximum absolute atomic E-state index is 13.5. The Morgan fingerprint density at radius 1 is 1.00 bits per heavy atom. The molecule has 4 rings (SSSR count). The molecule has 0 spiro atoms. The Morgan fingerprint density at radius 3 is 2.45 bits per heavy atom. The highest BCUT2D eigenvalue weighted by atomic mass is 32.2. The fourth-order valence-corrected chi connectivity index (χ4v) is 5.08. The van der Waals surface area contributed by atoms with E-state index >= 15 is 0 Å². The summed E-state index contributed by atoms with van der Waals surface area (Å²) in [5, 5.41) is 2.79. The first-order valence-corrected chi connectivity index (χ1v) is 12.1. The quantitative estimate of drug-likeness (QED) is 0.577. The molecule has 1 heterocycles. The number of sulfonamides is 1. The molecule has 0 saturated heterocycles. The zero-order valence-electron chi connectivity index (χ0n) is 18.5. The van der Waals surface area contributed by atoms with E-state index in [0.29, 0.717) is 23.8 Å². The first-order valence-electron chi connectivity index (χ1n) is 10.6. The van der Waals surface area contributed by atoms with Crippen LogP contribution < -0.4 is 19.1 Å². The normalized spacial score (nSPS) is 15.0. The summed E-state index contributed by atoms with van der Waals surface area (Å²) in [4.78, 5) is 13.0. The monoisotopic (exact) mass is 466 g/mol. The van der Waals surface area contributed by atoms with Crippen LogP contribution >= 0.6 is 0 Å². The number of benzene rings is 3. The Labute approximate surface area is 194 Å². The highest BCUT2D eigenvalue weighted by Crippen LogP contribution is 2.31. The van der Waals surface area contributed by atoms with E-state index in [1.54, 1.807) is 30.3 Å². The van der Waals surface area contributed by atoms with Crippen molar-refractivity contribution in [3.8, 4) is 11.5 Å². The van der Waals surface area contributed by atoms with E-state index in [-0.39, 0.29) is 24.1 Å². The van der Waals surface area contributed by atoms with Gasteiger partial charge in [0.2, 0.25) is 5.91 Å². The standard InChI is InChI=1S/C25H26N2O5S/c1-18-12-13-19(2)22(14-18)27(33(29,30)21-8-4-3-5-9-21)16-25(28)26-15-20-17-31-23-10-6-7-11-24(23)32-20/h3-14,20H,15-17H2,1-2H3,(H,26,28). The van der Waals surface area contributed by atoms with Crippen LogP contribution in [0.5, 0.6) is 11.5 Å². The number of ether oxygens (including phenoxy) is 2. The largest absolute Gasteiger partial charge is 0.486 e. The number of rotatable bonds is 7. The third kappa shape index (κ3) is 5.12. The highest BCUT2D eigenvalue weighted by Gasteiger charge is 2.29. The van der Waals surface area contributed by atoms with Crippen LogP contribution in [0.25, 0.3) is 0 Å². The Hall–Kier alpha value is -3.52. The van der Waals surface area contributed by atoms with Gasteiger partial charge >= 0.3 is 0 Å². The number of carbonyl (C=O) groups is 1. The molecular weight excluding hydrogens is 440 g/mol. The predicted molar refractivity (Wildman–Crippen MR) is 126 cm³/mol. The number of carbonyl (C=O) groups excluding carboxylic acids is 1. The van der Waals surface area contributed by atoms with Gasteiger partial charge in [-0.1, -0.05) is 42.5 Å². The number of nitrogens with one attached hydrogen (secondary N) is 1. The second-order valence-electron chi connectivity index (χ2n) is 7.92. The van der Waals surface area contributed by atoms with Crippen LogP contribution in [0.15, 0.2) is 77.7 Å². The molecule has 1 N–H and O–H groups in total. The van der Waals surface area contributed by atoms with Crippen LogP contribution in [0.3, 0.4) is 0 Å². The van der Waals surface area contributed by atoms with Crippen LogP contribution in [0.2, 0.25) is 0 Å². The number of anilines is 1.